The van der Waals surface area contributed by atoms with Crippen LogP contribution in [-0.2, 0) is 4.79 Å². The third kappa shape index (κ3) is 3.81. The Bertz CT molecular complexity index is 886. The van der Waals surface area contributed by atoms with Crippen molar-refractivity contribution in [2.24, 2.45) is 0 Å². The van der Waals surface area contributed by atoms with Crippen LogP contribution in [0.1, 0.15) is 18.1 Å². The number of nitrogens with one attached hydrogen (secondary N) is 2. The van der Waals surface area contributed by atoms with Gasteiger partial charge in [-0.2, -0.15) is 0 Å². The van der Waals surface area contributed by atoms with Crippen LogP contribution in [0, 0.1) is 13.8 Å². The molecule has 0 atom stereocenters. The maximum Gasteiger partial charge on any atom is 0.221 e. The average molecular weight is 337 g/mol. The summed E-state index contributed by atoms with van der Waals surface area (Å²) in [6.45, 7) is 5.69. The molecule has 0 fully saturated rings. The molecule has 0 radical (unpaired) electrons. The highest BCUT2D eigenvalue weighted by Crippen LogP contribution is 2.30. The quantitative estimate of drug-likeness (QED) is 0.694. The van der Waals surface area contributed by atoms with Gasteiger partial charge in [0, 0.05) is 29.2 Å². The maximum atomic E-state index is 11.2. The molecule has 122 valence electrons. The number of carbonyl (C=O) groups excluding carboxylic acids is 1. The topological polar surface area (TPSA) is 54.0 Å². The first-order valence-electron chi connectivity index (χ1n) is 7.69. The van der Waals surface area contributed by atoms with Crippen molar-refractivity contribution in [3.8, 4) is 11.3 Å². The summed E-state index contributed by atoms with van der Waals surface area (Å²) >= 11 is 1.56. The average Bonchev–Trinajstić information content (AvgIpc) is 2.95. The first-order chi connectivity index (χ1) is 11.5. The van der Waals surface area contributed by atoms with Crippen molar-refractivity contribution in [1.29, 1.82) is 0 Å². The van der Waals surface area contributed by atoms with Crippen molar-refractivity contribution in [2.75, 3.05) is 10.6 Å². The molecule has 2 aromatic carbocycles. The molecule has 5 heteroatoms. The lowest BCUT2D eigenvalue weighted by Gasteiger charge is -2.06. The molecule has 0 aliphatic rings. The normalized spacial score (nSPS) is 10.5. The van der Waals surface area contributed by atoms with E-state index in [4.69, 9.17) is 0 Å². The van der Waals surface area contributed by atoms with Gasteiger partial charge in [-0.15, -0.1) is 11.3 Å². The van der Waals surface area contributed by atoms with Crippen LogP contribution in [0.2, 0.25) is 0 Å². The first kappa shape index (κ1) is 16.2. The molecule has 0 aliphatic heterocycles. The first-order valence-corrected chi connectivity index (χ1v) is 8.57. The van der Waals surface area contributed by atoms with Gasteiger partial charge < -0.3 is 10.6 Å². The molecule has 0 saturated carbocycles. The van der Waals surface area contributed by atoms with Crippen LogP contribution in [0.5, 0.6) is 0 Å². The highest BCUT2D eigenvalue weighted by molar-refractivity contribution is 7.14. The number of benzene rings is 2. The lowest BCUT2D eigenvalue weighted by atomic mass is 10.0. The highest BCUT2D eigenvalue weighted by atomic mass is 32.1. The monoisotopic (exact) mass is 337 g/mol. The van der Waals surface area contributed by atoms with Crippen LogP contribution in [0.4, 0.5) is 16.5 Å². The van der Waals surface area contributed by atoms with E-state index in [2.05, 4.69) is 53.0 Å². The lowest BCUT2D eigenvalue weighted by Crippen LogP contribution is -2.05. The van der Waals surface area contributed by atoms with Gasteiger partial charge in [0.15, 0.2) is 5.13 Å². The fourth-order valence-electron chi connectivity index (χ4n) is 2.56. The van der Waals surface area contributed by atoms with Crippen molar-refractivity contribution in [1.82, 2.24) is 4.98 Å². The number of rotatable bonds is 4. The number of carbonyl (C=O) groups is 1. The Morgan fingerprint density at radius 1 is 1.08 bits per heavy atom. The Morgan fingerprint density at radius 3 is 2.62 bits per heavy atom. The van der Waals surface area contributed by atoms with Crippen LogP contribution in [0.15, 0.2) is 47.8 Å². The zero-order valence-electron chi connectivity index (χ0n) is 13.9. The second-order valence-corrected chi connectivity index (χ2v) is 6.60. The Kier molecular flexibility index (Phi) is 4.62. The number of hydrogen-bond donors (Lipinski definition) is 2. The van der Waals surface area contributed by atoms with Gasteiger partial charge in [0.1, 0.15) is 0 Å². The molecule has 0 spiro atoms. The number of amides is 1. The molecule has 4 nitrogen and oxygen atoms in total. The van der Waals surface area contributed by atoms with Crippen molar-refractivity contribution in [3.63, 3.8) is 0 Å². The van der Waals surface area contributed by atoms with Crippen LogP contribution >= 0.6 is 11.3 Å². The number of thiazole rings is 1. The van der Waals surface area contributed by atoms with E-state index < -0.39 is 0 Å². The molecule has 0 saturated heterocycles. The van der Waals surface area contributed by atoms with Crippen LogP contribution in [-0.4, -0.2) is 10.9 Å². The molecule has 0 bridgehead atoms. The van der Waals surface area contributed by atoms with Crippen molar-refractivity contribution < 1.29 is 4.79 Å². The van der Waals surface area contributed by atoms with E-state index in [1.54, 1.807) is 11.3 Å². The van der Waals surface area contributed by atoms with E-state index in [1.807, 2.05) is 24.3 Å². The number of nitrogens with zero attached hydrogens (tertiary/aromatic N) is 1. The van der Waals surface area contributed by atoms with Crippen LogP contribution < -0.4 is 10.6 Å². The van der Waals surface area contributed by atoms with Crippen molar-refractivity contribution in [2.45, 2.75) is 20.8 Å². The molecular formula is C19H19N3OS. The molecule has 0 unspecified atom stereocenters. The van der Waals surface area contributed by atoms with Crippen molar-refractivity contribution >= 4 is 33.8 Å². The minimum Gasteiger partial charge on any atom is -0.331 e. The van der Waals surface area contributed by atoms with E-state index in [1.165, 1.54) is 18.1 Å². The number of hydrogen-bond acceptors (Lipinski definition) is 4. The van der Waals surface area contributed by atoms with Gasteiger partial charge in [-0.25, -0.2) is 4.98 Å². The minimum atomic E-state index is -0.0847. The fraction of sp³-hybridized carbons (Fsp3) is 0.158. The van der Waals surface area contributed by atoms with Gasteiger partial charge in [0.2, 0.25) is 5.91 Å². The van der Waals surface area contributed by atoms with E-state index in [0.717, 1.165) is 27.8 Å². The Labute approximate surface area is 145 Å². The molecule has 1 amide bonds. The van der Waals surface area contributed by atoms with E-state index in [-0.39, 0.29) is 5.91 Å². The molecule has 0 aliphatic carbocycles. The van der Waals surface area contributed by atoms with Crippen LogP contribution in [0.3, 0.4) is 0 Å². The zero-order chi connectivity index (χ0) is 17.1. The second kappa shape index (κ2) is 6.84. The molecule has 1 heterocycles. The van der Waals surface area contributed by atoms with Gasteiger partial charge in [0.05, 0.1) is 5.69 Å². The second-order valence-electron chi connectivity index (χ2n) is 5.74. The summed E-state index contributed by atoms with van der Waals surface area (Å²) < 4.78 is 0. The molecular weight excluding hydrogens is 318 g/mol. The summed E-state index contributed by atoms with van der Waals surface area (Å²) in [4.78, 5) is 15.8. The summed E-state index contributed by atoms with van der Waals surface area (Å²) in [6, 6.07) is 14.0. The Balaban J connectivity index is 1.80. The zero-order valence-corrected chi connectivity index (χ0v) is 14.7. The van der Waals surface area contributed by atoms with E-state index >= 15 is 0 Å². The summed E-state index contributed by atoms with van der Waals surface area (Å²) in [5, 5.41) is 8.95. The molecule has 3 aromatic rings. The maximum absolute atomic E-state index is 11.2. The van der Waals surface area contributed by atoms with Gasteiger partial charge in [-0.3, -0.25) is 4.79 Å². The Morgan fingerprint density at radius 2 is 1.88 bits per heavy atom. The van der Waals surface area contributed by atoms with Crippen molar-refractivity contribution in [3.05, 3.63) is 59.0 Å². The molecule has 2 N–H and O–H groups in total. The molecule has 1 aromatic heterocycles. The third-order valence-corrected chi connectivity index (χ3v) is 4.35. The SMILES string of the molecule is CC(=O)Nc1cccc(Nc2nc(-c3ccc(C)cc3C)cs2)c1. The summed E-state index contributed by atoms with van der Waals surface area (Å²) in [5.41, 5.74) is 6.25. The summed E-state index contributed by atoms with van der Waals surface area (Å²) in [7, 11) is 0. The predicted molar refractivity (Wildman–Crippen MR) is 101 cm³/mol. The predicted octanol–water partition coefficient (Wildman–Crippen LogP) is 5.13. The summed E-state index contributed by atoms with van der Waals surface area (Å²) in [6.07, 6.45) is 0. The number of aryl methyl sites for hydroxylation is 2. The largest absolute Gasteiger partial charge is 0.331 e. The lowest BCUT2D eigenvalue weighted by molar-refractivity contribution is -0.114. The number of aromatic nitrogens is 1. The van der Waals surface area contributed by atoms with E-state index in [0.29, 0.717) is 0 Å². The third-order valence-electron chi connectivity index (χ3n) is 3.60. The summed E-state index contributed by atoms with van der Waals surface area (Å²) in [5.74, 6) is -0.0847. The van der Waals surface area contributed by atoms with Gasteiger partial charge in [-0.05, 0) is 37.6 Å². The smallest absolute Gasteiger partial charge is 0.221 e. The van der Waals surface area contributed by atoms with Gasteiger partial charge in [0.25, 0.3) is 0 Å². The standard InChI is InChI=1S/C19H19N3OS/c1-12-7-8-17(13(2)9-12)18-11-24-19(22-18)21-16-6-4-5-15(10-16)20-14(3)23/h4-11H,1-3H3,(H,20,23)(H,21,22). The molecule has 3 rings (SSSR count). The Hall–Kier alpha value is -2.66. The van der Waals surface area contributed by atoms with Crippen LogP contribution in [0.25, 0.3) is 11.3 Å². The molecule has 24 heavy (non-hydrogen) atoms. The minimum absolute atomic E-state index is 0.0847. The number of anilines is 3. The van der Waals surface area contributed by atoms with Gasteiger partial charge in [-0.1, -0.05) is 29.8 Å². The van der Waals surface area contributed by atoms with E-state index in [9.17, 15) is 4.79 Å². The van der Waals surface area contributed by atoms with Gasteiger partial charge >= 0.3 is 0 Å². The fourth-order valence-corrected chi connectivity index (χ4v) is 3.29. The highest BCUT2D eigenvalue weighted by Gasteiger charge is 2.08.